The molecule has 0 aromatic rings. The molecule has 204 valence electrons. The summed E-state index contributed by atoms with van der Waals surface area (Å²) < 4.78 is 251. The topological polar surface area (TPSA) is 74.7 Å². The van der Waals surface area contributed by atoms with Gasteiger partial charge in [0.25, 0.3) is 10.0 Å². The number of nitrogens with zero attached hydrogens (tertiary/aromatic N) is 1. The van der Waals surface area contributed by atoms with Crippen LogP contribution in [0.1, 0.15) is 0 Å². The van der Waals surface area contributed by atoms with E-state index in [1.807, 2.05) is 0 Å². The van der Waals surface area contributed by atoms with Crippen LogP contribution in [-0.2, 0) is 14.8 Å². The molecule has 0 fully saturated rings. The van der Waals surface area contributed by atoms with E-state index in [1.165, 1.54) is 0 Å². The van der Waals surface area contributed by atoms with E-state index in [1.54, 1.807) is 0 Å². The number of carbonyl (C=O) groups is 1. The zero-order valence-electron chi connectivity index (χ0n) is 14.5. The number of carboxylic acid groups (broad SMARTS) is 1. The molecule has 0 aromatic carbocycles. The molecule has 0 bridgehead atoms. The van der Waals surface area contributed by atoms with E-state index in [0.29, 0.717) is 0 Å². The summed E-state index contributed by atoms with van der Waals surface area (Å²) in [5.74, 6) is -38.1. The summed E-state index contributed by atoms with van der Waals surface area (Å²) in [6.45, 7) is -3.61. The molecule has 0 aliphatic carbocycles. The molecule has 0 radical (unpaired) electrons. The summed E-state index contributed by atoms with van der Waals surface area (Å²) in [6.07, 6.45) is -15.4. The molecule has 5 nitrogen and oxygen atoms in total. The van der Waals surface area contributed by atoms with Gasteiger partial charge in [-0.15, -0.1) is 4.31 Å². The van der Waals surface area contributed by atoms with E-state index >= 15 is 0 Å². The van der Waals surface area contributed by atoms with Crippen LogP contribution < -0.4 is 0 Å². The SMILES string of the molecule is O=C(O)CN(C(F)(F)C(F)(F)F)S(=O)(=O)C(F)(F)C(F)(F)C(F)(F)C(F)(F)C(F)(F)C(F)(F)F. The van der Waals surface area contributed by atoms with Crippen molar-refractivity contribution in [3.63, 3.8) is 0 Å². The zero-order chi connectivity index (χ0) is 28.4. The Hall–Kier alpha value is -1.88. The van der Waals surface area contributed by atoms with Gasteiger partial charge in [-0.2, -0.15) is 79.0 Å². The van der Waals surface area contributed by atoms with Crippen LogP contribution in [0, 0.1) is 0 Å². The van der Waals surface area contributed by atoms with Crippen LogP contribution in [0.4, 0.5) is 79.0 Å². The fourth-order valence-electron chi connectivity index (χ4n) is 1.65. The van der Waals surface area contributed by atoms with Gasteiger partial charge in [-0.1, -0.05) is 0 Å². The summed E-state index contributed by atoms with van der Waals surface area (Å²) in [4.78, 5) is 10.3. The van der Waals surface area contributed by atoms with Crippen molar-refractivity contribution in [3.05, 3.63) is 0 Å². The molecule has 0 aromatic heterocycles. The van der Waals surface area contributed by atoms with Gasteiger partial charge in [0.15, 0.2) is 0 Å². The van der Waals surface area contributed by atoms with Crippen LogP contribution >= 0.6 is 0 Å². The van der Waals surface area contributed by atoms with Crippen molar-refractivity contribution < 1.29 is 97.3 Å². The van der Waals surface area contributed by atoms with Gasteiger partial charge < -0.3 is 5.11 Å². The Balaban J connectivity index is 7.18. The van der Waals surface area contributed by atoms with Crippen molar-refractivity contribution in [2.75, 3.05) is 6.54 Å². The van der Waals surface area contributed by atoms with Crippen LogP contribution in [0.5, 0.6) is 0 Å². The molecule has 34 heavy (non-hydrogen) atoms. The van der Waals surface area contributed by atoms with E-state index in [0.717, 1.165) is 0 Å². The summed E-state index contributed by atoms with van der Waals surface area (Å²) >= 11 is 0. The van der Waals surface area contributed by atoms with Gasteiger partial charge in [0.1, 0.15) is 6.54 Å². The van der Waals surface area contributed by atoms with Crippen LogP contribution in [0.25, 0.3) is 0 Å². The molecular formula is C10H3F18NO4S. The highest BCUT2D eigenvalue weighted by atomic mass is 32.2. The summed E-state index contributed by atoms with van der Waals surface area (Å²) in [5.41, 5.74) is 0. The van der Waals surface area contributed by atoms with Gasteiger partial charge in [-0.25, -0.2) is 8.42 Å². The Labute approximate surface area is 172 Å². The van der Waals surface area contributed by atoms with Crippen molar-refractivity contribution in [2.45, 2.75) is 47.3 Å². The third-order valence-electron chi connectivity index (χ3n) is 3.45. The maximum atomic E-state index is 13.7. The molecule has 0 aliphatic heterocycles. The van der Waals surface area contributed by atoms with Crippen molar-refractivity contribution in [3.8, 4) is 0 Å². The van der Waals surface area contributed by atoms with E-state index in [-0.39, 0.29) is 0 Å². The molecule has 0 atom stereocenters. The number of rotatable bonds is 9. The fourth-order valence-corrected chi connectivity index (χ4v) is 3.07. The van der Waals surface area contributed by atoms with Crippen molar-refractivity contribution in [1.29, 1.82) is 0 Å². The lowest BCUT2D eigenvalue weighted by molar-refractivity contribution is -0.433. The average Bonchev–Trinajstić information content (AvgIpc) is 2.56. The summed E-state index contributed by atoms with van der Waals surface area (Å²) in [5, 5.41) is -0.403. The minimum atomic E-state index is -8.96. The van der Waals surface area contributed by atoms with Crippen LogP contribution in [0.3, 0.4) is 0 Å². The first-order valence-electron chi connectivity index (χ1n) is 6.94. The van der Waals surface area contributed by atoms with E-state index in [4.69, 9.17) is 5.11 Å². The third-order valence-corrected chi connectivity index (χ3v) is 5.29. The summed E-state index contributed by atoms with van der Waals surface area (Å²) in [6, 6.07) is -7.49. The number of aliphatic carboxylic acids is 1. The average molecular weight is 575 g/mol. The largest absolute Gasteiger partial charge is 0.480 e. The van der Waals surface area contributed by atoms with Gasteiger partial charge in [0.05, 0.1) is 0 Å². The second-order valence-corrected chi connectivity index (χ2v) is 7.66. The Morgan fingerprint density at radius 2 is 0.912 bits per heavy atom. The Morgan fingerprint density at radius 3 is 1.18 bits per heavy atom. The molecule has 24 heteroatoms. The lowest BCUT2D eigenvalue weighted by atomic mass is 9.98. The van der Waals surface area contributed by atoms with Gasteiger partial charge in [-0.05, 0) is 0 Å². The molecule has 0 heterocycles. The molecular weight excluding hydrogens is 572 g/mol. The van der Waals surface area contributed by atoms with Crippen LogP contribution in [0.2, 0.25) is 0 Å². The smallest absolute Gasteiger partial charge is 0.470 e. The number of hydrogen-bond acceptors (Lipinski definition) is 3. The van der Waals surface area contributed by atoms with Gasteiger partial charge in [0, 0.05) is 0 Å². The lowest BCUT2D eigenvalue weighted by Crippen LogP contribution is -2.73. The Kier molecular flexibility index (Phi) is 7.63. The highest BCUT2D eigenvalue weighted by Crippen LogP contribution is 2.61. The lowest BCUT2D eigenvalue weighted by Gasteiger charge is -2.41. The normalized spacial score (nSPS) is 16.2. The first-order chi connectivity index (χ1) is 14.3. The standard InChI is InChI=1S/C10H3F18NO4S/c11-3(12,5(15,16)7(19,20)21)4(13,14)6(17,18)10(27,28)34(32,33)29(1-2(30)31)9(25,26)8(22,23)24/h1H2,(H,30,31). The van der Waals surface area contributed by atoms with Gasteiger partial charge in [0.2, 0.25) is 0 Å². The Morgan fingerprint density at radius 1 is 0.588 bits per heavy atom. The molecule has 0 saturated heterocycles. The number of alkyl halides is 18. The van der Waals surface area contributed by atoms with Crippen LogP contribution in [0.15, 0.2) is 0 Å². The Bertz CT molecular complexity index is 887. The highest BCUT2D eigenvalue weighted by Gasteiger charge is 2.93. The summed E-state index contributed by atoms with van der Waals surface area (Å²) in [7, 11) is -8.96. The van der Waals surface area contributed by atoms with Crippen molar-refractivity contribution >= 4 is 16.0 Å². The predicted octanol–water partition coefficient (Wildman–Crippen LogP) is 4.55. The van der Waals surface area contributed by atoms with E-state index in [2.05, 4.69) is 0 Å². The molecule has 0 aliphatic rings. The van der Waals surface area contributed by atoms with Gasteiger partial charge in [-0.3, -0.25) is 4.79 Å². The number of carboxylic acids is 1. The monoisotopic (exact) mass is 575 g/mol. The maximum Gasteiger partial charge on any atom is 0.470 e. The zero-order valence-corrected chi connectivity index (χ0v) is 15.4. The second kappa shape index (κ2) is 8.08. The third kappa shape index (κ3) is 4.29. The van der Waals surface area contributed by atoms with Crippen molar-refractivity contribution in [1.82, 2.24) is 4.31 Å². The van der Waals surface area contributed by atoms with Crippen molar-refractivity contribution in [2.24, 2.45) is 0 Å². The molecule has 0 spiro atoms. The van der Waals surface area contributed by atoms with Gasteiger partial charge >= 0.3 is 53.3 Å². The minimum absolute atomic E-state index is 3.31. The molecule has 0 rings (SSSR count). The predicted molar refractivity (Wildman–Crippen MR) is 65.1 cm³/mol. The molecule has 0 amide bonds. The number of halogens is 18. The molecule has 0 unspecified atom stereocenters. The van der Waals surface area contributed by atoms with E-state index < -0.39 is 74.2 Å². The van der Waals surface area contributed by atoms with E-state index in [9.17, 15) is 92.2 Å². The highest BCUT2D eigenvalue weighted by molar-refractivity contribution is 7.90. The quantitative estimate of drug-likeness (QED) is 0.324. The minimum Gasteiger partial charge on any atom is -0.480 e. The first-order valence-corrected chi connectivity index (χ1v) is 8.38. The molecule has 1 N–H and O–H groups in total. The maximum absolute atomic E-state index is 13.7. The fraction of sp³-hybridized carbons (Fsp3) is 0.900. The first kappa shape index (κ1) is 32.1. The van der Waals surface area contributed by atoms with Crippen LogP contribution in [-0.4, -0.2) is 77.7 Å². The number of sulfonamides is 1. The molecule has 0 saturated carbocycles. The number of hydrogen-bond donors (Lipinski definition) is 1. The second-order valence-electron chi connectivity index (χ2n) is 5.76.